The molecule has 2 rings (SSSR count). The molecule has 1 amide bonds. The maximum Gasteiger partial charge on any atom is 0.251 e. The Morgan fingerprint density at radius 3 is 2.84 bits per heavy atom. The zero-order chi connectivity index (χ0) is 13.8. The molecule has 2 aromatic rings. The topological polar surface area (TPSA) is 81.8 Å². The minimum absolute atomic E-state index is 0.209. The lowest BCUT2D eigenvalue weighted by atomic mass is 10.2. The second-order valence-corrected chi connectivity index (χ2v) is 4.20. The molecule has 0 saturated carbocycles. The van der Waals surface area contributed by atoms with Crippen molar-refractivity contribution in [2.24, 2.45) is 14.1 Å². The molecule has 7 nitrogen and oxygen atoms in total. The standard InChI is InChI=1S/C12H15N5O2/c1-16-6-4-9(7-11(16)18)12(19)13-5-3-10-14-8-17(2)15-10/h4,6-8H,3,5H2,1-2H3,(H,13,19). The van der Waals surface area contributed by atoms with Crippen molar-refractivity contribution < 1.29 is 4.79 Å². The van der Waals surface area contributed by atoms with Crippen LogP contribution in [0.1, 0.15) is 16.2 Å². The molecule has 0 radical (unpaired) electrons. The molecule has 0 aliphatic heterocycles. The van der Waals surface area contributed by atoms with Crippen LogP contribution in [-0.2, 0) is 20.5 Å². The Hall–Kier alpha value is -2.44. The molecule has 0 spiro atoms. The molecule has 100 valence electrons. The van der Waals surface area contributed by atoms with Crippen LogP contribution < -0.4 is 10.9 Å². The first kappa shape index (κ1) is 13.0. The Morgan fingerprint density at radius 1 is 1.42 bits per heavy atom. The van der Waals surface area contributed by atoms with Crippen molar-refractivity contribution in [3.63, 3.8) is 0 Å². The van der Waals surface area contributed by atoms with E-state index < -0.39 is 0 Å². The monoisotopic (exact) mass is 261 g/mol. The average Bonchev–Trinajstić information content (AvgIpc) is 2.78. The van der Waals surface area contributed by atoms with Gasteiger partial charge >= 0.3 is 0 Å². The van der Waals surface area contributed by atoms with Crippen LogP contribution in [0.3, 0.4) is 0 Å². The highest BCUT2D eigenvalue weighted by Gasteiger charge is 2.06. The molecular formula is C12H15N5O2. The molecule has 7 heteroatoms. The maximum absolute atomic E-state index is 11.8. The van der Waals surface area contributed by atoms with Gasteiger partial charge in [-0.05, 0) is 6.07 Å². The number of nitrogens with one attached hydrogen (secondary N) is 1. The van der Waals surface area contributed by atoms with E-state index in [4.69, 9.17) is 0 Å². The van der Waals surface area contributed by atoms with Crippen LogP contribution in [0.25, 0.3) is 0 Å². The van der Waals surface area contributed by atoms with Crippen molar-refractivity contribution in [2.75, 3.05) is 6.54 Å². The fourth-order valence-electron chi connectivity index (χ4n) is 1.58. The molecule has 0 aliphatic carbocycles. The number of hydrogen-bond donors (Lipinski definition) is 1. The third-order valence-corrected chi connectivity index (χ3v) is 2.65. The summed E-state index contributed by atoms with van der Waals surface area (Å²) in [6, 6.07) is 2.92. The zero-order valence-electron chi connectivity index (χ0n) is 10.8. The summed E-state index contributed by atoms with van der Waals surface area (Å²) in [5, 5.41) is 6.83. The number of aromatic nitrogens is 4. The average molecular weight is 261 g/mol. The summed E-state index contributed by atoms with van der Waals surface area (Å²) in [5.74, 6) is 0.403. The number of rotatable bonds is 4. The number of hydrogen-bond acceptors (Lipinski definition) is 4. The van der Waals surface area contributed by atoms with Gasteiger partial charge < -0.3 is 9.88 Å². The number of aryl methyl sites for hydroxylation is 2. The second-order valence-electron chi connectivity index (χ2n) is 4.20. The van der Waals surface area contributed by atoms with Gasteiger partial charge in [-0.25, -0.2) is 4.98 Å². The predicted molar refractivity (Wildman–Crippen MR) is 68.7 cm³/mol. The Bertz CT molecular complexity index is 644. The second kappa shape index (κ2) is 5.47. The van der Waals surface area contributed by atoms with Gasteiger partial charge in [0.2, 0.25) is 0 Å². The van der Waals surface area contributed by atoms with Gasteiger partial charge in [0.1, 0.15) is 6.33 Å². The van der Waals surface area contributed by atoms with Gasteiger partial charge in [0.25, 0.3) is 11.5 Å². The van der Waals surface area contributed by atoms with Crippen molar-refractivity contribution in [1.29, 1.82) is 0 Å². The van der Waals surface area contributed by atoms with Crippen molar-refractivity contribution >= 4 is 5.91 Å². The normalized spacial score (nSPS) is 10.4. The highest BCUT2D eigenvalue weighted by molar-refractivity contribution is 5.93. The van der Waals surface area contributed by atoms with E-state index in [1.54, 1.807) is 37.4 Å². The number of carbonyl (C=O) groups is 1. The molecule has 0 bridgehead atoms. The number of pyridine rings is 1. The highest BCUT2D eigenvalue weighted by Crippen LogP contribution is 1.94. The van der Waals surface area contributed by atoms with E-state index in [-0.39, 0.29) is 11.5 Å². The van der Waals surface area contributed by atoms with Gasteiger partial charge in [0.15, 0.2) is 5.82 Å². The van der Waals surface area contributed by atoms with Crippen molar-refractivity contribution in [1.82, 2.24) is 24.6 Å². The summed E-state index contributed by atoms with van der Waals surface area (Å²) < 4.78 is 3.02. The molecule has 2 aromatic heterocycles. The first-order chi connectivity index (χ1) is 9.06. The quantitative estimate of drug-likeness (QED) is 0.803. The largest absolute Gasteiger partial charge is 0.352 e. The molecule has 0 saturated heterocycles. The van der Waals surface area contributed by atoms with Gasteiger partial charge in [-0.2, -0.15) is 5.10 Å². The zero-order valence-corrected chi connectivity index (χ0v) is 10.8. The summed E-state index contributed by atoms with van der Waals surface area (Å²) in [5.41, 5.74) is 0.149. The Kier molecular flexibility index (Phi) is 3.74. The van der Waals surface area contributed by atoms with E-state index in [2.05, 4.69) is 15.4 Å². The van der Waals surface area contributed by atoms with Crippen LogP contribution in [0.15, 0.2) is 29.5 Å². The summed E-state index contributed by atoms with van der Waals surface area (Å²) in [6.45, 7) is 0.429. The Balaban J connectivity index is 1.90. The van der Waals surface area contributed by atoms with Crippen LogP contribution in [0.2, 0.25) is 0 Å². The Morgan fingerprint density at radius 2 is 2.21 bits per heavy atom. The van der Waals surface area contributed by atoms with Gasteiger partial charge in [-0.1, -0.05) is 0 Å². The van der Waals surface area contributed by atoms with Crippen LogP contribution in [-0.4, -0.2) is 31.8 Å². The minimum atomic E-state index is -0.270. The first-order valence-electron chi connectivity index (χ1n) is 5.85. The molecule has 1 N–H and O–H groups in total. The molecule has 0 unspecified atom stereocenters. The lowest BCUT2D eigenvalue weighted by Gasteiger charge is -2.04. The number of nitrogens with zero attached hydrogens (tertiary/aromatic N) is 4. The molecule has 19 heavy (non-hydrogen) atoms. The fourth-order valence-corrected chi connectivity index (χ4v) is 1.58. The first-order valence-corrected chi connectivity index (χ1v) is 5.85. The lowest BCUT2D eigenvalue weighted by molar-refractivity contribution is 0.0953. The number of carbonyl (C=O) groups excluding carboxylic acids is 1. The van der Waals surface area contributed by atoms with Crippen LogP contribution in [0, 0.1) is 0 Å². The summed E-state index contributed by atoms with van der Waals surface area (Å²) >= 11 is 0. The molecular weight excluding hydrogens is 246 g/mol. The molecule has 0 aliphatic rings. The van der Waals surface area contributed by atoms with E-state index in [0.29, 0.717) is 24.4 Å². The van der Waals surface area contributed by atoms with Crippen molar-refractivity contribution in [3.8, 4) is 0 Å². The molecule has 0 atom stereocenters. The van der Waals surface area contributed by atoms with Crippen LogP contribution >= 0.6 is 0 Å². The third kappa shape index (κ3) is 3.27. The summed E-state index contributed by atoms with van der Waals surface area (Å²) in [6.07, 6.45) is 3.73. The fraction of sp³-hybridized carbons (Fsp3) is 0.333. The van der Waals surface area contributed by atoms with Crippen LogP contribution in [0.4, 0.5) is 0 Å². The maximum atomic E-state index is 11.8. The SMILES string of the molecule is Cn1cnc(CCNC(=O)c2ccn(C)c(=O)c2)n1. The van der Waals surface area contributed by atoms with Gasteiger partial charge in [0.05, 0.1) is 0 Å². The smallest absolute Gasteiger partial charge is 0.251 e. The minimum Gasteiger partial charge on any atom is -0.352 e. The van der Waals surface area contributed by atoms with Gasteiger partial charge in [0, 0.05) is 44.9 Å². The van der Waals surface area contributed by atoms with Crippen LogP contribution in [0.5, 0.6) is 0 Å². The van der Waals surface area contributed by atoms with Crippen molar-refractivity contribution in [2.45, 2.75) is 6.42 Å². The van der Waals surface area contributed by atoms with Gasteiger partial charge in [-0.3, -0.25) is 14.3 Å². The lowest BCUT2D eigenvalue weighted by Crippen LogP contribution is -2.28. The predicted octanol–water partition coefficient (Wildman–Crippen LogP) is -0.514. The van der Waals surface area contributed by atoms with Crippen molar-refractivity contribution in [3.05, 3.63) is 46.4 Å². The summed E-state index contributed by atoms with van der Waals surface area (Å²) in [4.78, 5) is 27.3. The van der Waals surface area contributed by atoms with E-state index in [1.165, 1.54) is 10.6 Å². The highest BCUT2D eigenvalue weighted by atomic mass is 16.2. The van der Waals surface area contributed by atoms with Gasteiger partial charge in [-0.15, -0.1) is 0 Å². The van der Waals surface area contributed by atoms with E-state index in [1.807, 2.05) is 0 Å². The van der Waals surface area contributed by atoms with E-state index in [9.17, 15) is 9.59 Å². The molecule has 2 heterocycles. The third-order valence-electron chi connectivity index (χ3n) is 2.65. The van der Waals surface area contributed by atoms with E-state index in [0.717, 1.165) is 0 Å². The van der Waals surface area contributed by atoms with E-state index >= 15 is 0 Å². The molecule has 0 fully saturated rings. The molecule has 0 aromatic carbocycles. The number of amides is 1. The summed E-state index contributed by atoms with van der Waals surface area (Å²) in [7, 11) is 3.42. The Labute approximate surface area is 109 Å².